The van der Waals surface area contributed by atoms with Gasteiger partial charge in [-0.05, 0) is 23.3 Å². The van der Waals surface area contributed by atoms with E-state index in [0.717, 1.165) is 9.89 Å². The summed E-state index contributed by atoms with van der Waals surface area (Å²) in [6, 6.07) is 4.10. The Balaban J connectivity index is 2.95. The van der Waals surface area contributed by atoms with Crippen LogP contribution in [0.15, 0.2) is 18.3 Å². The van der Waals surface area contributed by atoms with E-state index in [2.05, 4.69) is 31.8 Å². The van der Waals surface area contributed by atoms with Crippen LogP contribution < -0.4 is 0 Å². The molecule has 0 amide bonds. The summed E-state index contributed by atoms with van der Waals surface area (Å²) in [5.74, 6) is 0. The molecule has 1 aromatic heterocycles. The molecular weight excluding hydrogens is 210 g/mol. The first kappa shape index (κ1) is 11.7. The molecule has 0 aliphatic heterocycles. The fourth-order valence-electron chi connectivity index (χ4n) is 1.06. The van der Waals surface area contributed by atoms with Gasteiger partial charge in [0.05, 0.1) is 9.89 Å². The summed E-state index contributed by atoms with van der Waals surface area (Å²) in [5.41, 5.74) is 2.30. The lowest BCUT2D eigenvalue weighted by molar-refractivity contribution is 0.587. The predicted octanol–water partition coefficient (Wildman–Crippen LogP) is 3.42. The van der Waals surface area contributed by atoms with E-state index in [4.69, 9.17) is 12.2 Å². The first-order valence-electron chi connectivity index (χ1n) is 4.50. The number of rotatable bonds is 1. The quantitative estimate of drug-likeness (QED) is 0.680. The molecule has 0 atom stereocenters. The topological polar surface area (TPSA) is 12.9 Å². The molecule has 0 aliphatic carbocycles. The SMILES string of the molecule is CSC(=S)c1ccc(C(C)(C)C)cn1. The molecule has 3 heteroatoms. The third-order valence-electron chi connectivity index (χ3n) is 2.02. The molecule has 0 saturated heterocycles. The second-order valence-corrected chi connectivity index (χ2v) is 5.66. The second-order valence-electron chi connectivity index (χ2n) is 4.17. The molecular formula is C11H15NS2. The van der Waals surface area contributed by atoms with Gasteiger partial charge in [-0.2, -0.15) is 0 Å². The number of thioether (sulfide) groups is 1. The smallest absolute Gasteiger partial charge is 0.0960 e. The van der Waals surface area contributed by atoms with Crippen molar-refractivity contribution in [2.75, 3.05) is 6.26 Å². The van der Waals surface area contributed by atoms with Crippen molar-refractivity contribution in [3.8, 4) is 0 Å². The number of aromatic nitrogens is 1. The molecule has 0 bridgehead atoms. The van der Waals surface area contributed by atoms with Gasteiger partial charge in [-0.15, -0.1) is 11.8 Å². The van der Waals surface area contributed by atoms with Crippen molar-refractivity contribution in [2.45, 2.75) is 26.2 Å². The maximum absolute atomic E-state index is 5.16. The van der Waals surface area contributed by atoms with Crippen molar-refractivity contribution >= 4 is 28.2 Å². The Morgan fingerprint density at radius 1 is 1.36 bits per heavy atom. The van der Waals surface area contributed by atoms with E-state index in [1.54, 1.807) is 11.8 Å². The number of pyridine rings is 1. The lowest BCUT2D eigenvalue weighted by Gasteiger charge is -2.18. The van der Waals surface area contributed by atoms with E-state index in [1.807, 2.05) is 18.5 Å². The van der Waals surface area contributed by atoms with Crippen LogP contribution in [-0.2, 0) is 5.41 Å². The Kier molecular flexibility index (Phi) is 3.67. The van der Waals surface area contributed by atoms with Gasteiger partial charge >= 0.3 is 0 Å². The van der Waals surface area contributed by atoms with Gasteiger partial charge in [0.2, 0.25) is 0 Å². The fraction of sp³-hybridized carbons (Fsp3) is 0.455. The normalized spacial score (nSPS) is 11.4. The summed E-state index contributed by atoms with van der Waals surface area (Å²) in [4.78, 5) is 4.35. The highest BCUT2D eigenvalue weighted by atomic mass is 32.2. The zero-order valence-electron chi connectivity index (χ0n) is 9.00. The molecule has 0 aliphatic rings. The van der Waals surface area contributed by atoms with E-state index in [1.165, 1.54) is 5.56 Å². The van der Waals surface area contributed by atoms with Crippen molar-refractivity contribution in [3.05, 3.63) is 29.6 Å². The van der Waals surface area contributed by atoms with E-state index in [0.29, 0.717) is 0 Å². The van der Waals surface area contributed by atoms with Crippen LogP contribution in [0.1, 0.15) is 32.0 Å². The molecule has 14 heavy (non-hydrogen) atoms. The van der Waals surface area contributed by atoms with Gasteiger partial charge in [0, 0.05) is 6.20 Å². The van der Waals surface area contributed by atoms with Gasteiger partial charge in [-0.25, -0.2) is 0 Å². The minimum atomic E-state index is 0.159. The van der Waals surface area contributed by atoms with Crippen molar-refractivity contribution in [1.82, 2.24) is 4.98 Å². The first-order chi connectivity index (χ1) is 6.45. The van der Waals surface area contributed by atoms with Crippen molar-refractivity contribution in [1.29, 1.82) is 0 Å². The highest BCUT2D eigenvalue weighted by Crippen LogP contribution is 2.21. The van der Waals surface area contributed by atoms with E-state index >= 15 is 0 Å². The average Bonchev–Trinajstić information content (AvgIpc) is 2.15. The number of hydrogen-bond acceptors (Lipinski definition) is 3. The van der Waals surface area contributed by atoms with Crippen molar-refractivity contribution in [3.63, 3.8) is 0 Å². The Labute approximate surface area is 95.3 Å². The van der Waals surface area contributed by atoms with Crippen LogP contribution in [0.3, 0.4) is 0 Å². The number of nitrogens with zero attached hydrogens (tertiary/aromatic N) is 1. The van der Waals surface area contributed by atoms with Gasteiger partial charge < -0.3 is 0 Å². The van der Waals surface area contributed by atoms with E-state index in [-0.39, 0.29) is 5.41 Å². The van der Waals surface area contributed by atoms with Crippen LogP contribution in [0.5, 0.6) is 0 Å². The molecule has 0 aromatic carbocycles. The molecule has 1 heterocycles. The fourth-order valence-corrected chi connectivity index (χ4v) is 1.51. The van der Waals surface area contributed by atoms with Gasteiger partial charge in [-0.3, -0.25) is 4.98 Å². The Morgan fingerprint density at radius 3 is 2.36 bits per heavy atom. The monoisotopic (exact) mass is 225 g/mol. The Hall–Kier alpha value is -0.410. The van der Waals surface area contributed by atoms with Crippen LogP contribution in [-0.4, -0.2) is 15.4 Å². The standard InChI is InChI=1S/C11H15NS2/c1-11(2,3)8-5-6-9(12-7-8)10(13)14-4/h5-7H,1-4H3. The summed E-state index contributed by atoms with van der Waals surface area (Å²) in [5, 5.41) is 0. The zero-order valence-corrected chi connectivity index (χ0v) is 10.6. The molecule has 0 unspecified atom stereocenters. The van der Waals surface area contributed by atoms with E-state index < -0.39 is 0 Å². The maximum atomic E-state index is 5.16. The van der Waals surface area contributed by atoms with Crippen molar-refractivity contribution < 1.29 is 0 Å². The molecule has 1 rings (SSSR count). The molecule has 0 radical (unpaired) electrons. The summed E-state index contributed by atoms with van der Waals surface area (Å²) in [7, 11) is 0. The summed E-state index contributed by atoms with van der Waals surface area (Å²) < 4.78 is 0.852. The molecule has 0 fully saturated rings. The number of thiocarbonyl (C=S) groups is 1. The molecule has 0 spiro atoms. The van der Waals surface area contributed by atoms with Gasteiger partial charge in [0.15, 0.2) is 0 Å². The van der Waals surface area contributed by atoms with Gasteiger partial charge in [-0.1, -0.05) is 39.1 Å². The summed E-state index contributed by atoms with van der Waals surface area (Å²) in [6.45, 7) is 6.53. The van der Waals surface area contributed by atoms with Crippen LogP contribution in [0.25, 0.3) is 0 Å². The summed E-state index contributed by atoms with van der Waals surface area (Å²) in [6.07, 6.45) is 3.89. The van der Waals surface area contributed by atoms with Gasteiger partial charge in [0.1, 0.15) is 0 Å². The maximum Gasteiger partial charge on any atom is 0.0960 e. The third-order valence-corrected chi connectivity index (χ3v) is 3.31. The largest absolute Gasteiger partial charge is 0.255 e. The van der Waals surface area contributed by atoms with Crippen LogP contribution in [0, 0.1) is 0 Å². The minimum absolute atomic E-state index is 0.159. The molecule has 0 saturated carbocycles. The first-order valence-corrected chi connectivity index (χ1v) is 6.13. The second kappa shape index (κ2) is 4.41. The van der Waals surface area contributed by atoms with E-state index in [9.17, 15) is 0 Å². The highest BCUT2D eigenvalue weighted by Gasteiger charge is 2.13. The Bertz CT molecular complexity index is 322. The molecule has 76 valence electrons. The molecule has 1 aromatic rings. The molecule has 1 nitrogen and oxygen atoms in total. The number of hydrogen-bond donors (Lipinski definition) is 0. The average molecular weight is 225 g/mol. The highest BCUT2D eigenvalue weighted by molar-refractivity contribution is 8.23. The Morgan fingerprint density at radius 2 is 2.00 bits per heavy atom. The van der Waals surface area contributed by atoms with Crippen LogP contribution in [0.4, 0.5) is 0 Å². The summed E-state index contributed by atoms with van der Waals surface area (Å²) >= 11 is 6.72. The minimum Gasteiger partial charge on any atom is -0.255 e. The van der Waals surface area contributed by atoms with Crippen LogP contribution >= 0.6 is 24.0 Å². The lowest BCUT2D eigenvalue weighted by atomic mass is 9.88. The van der Waals surface area contributed by atoms with Gasteiger partial charge in [0.25, 0.3) is 0 Å². The third kappa shape index (κ3) is 2.79. The lowest BCUT2D eigenvalue weighted by Crippen LogP contribution is -2.11. The zero-order chi connectivity index (χ0) is 10.8. The predicted molar refractivity (Wildman–Crippen MR) is 68.2 cm³/mol. The van der Waals surface area contributed by atoms with Crippen LogP contribution in [0.2, 0.25) is 0 Å². The molecule has 0 N–H and O–H groups in total. The van der Waals surface area contributed by atoms with Crippen molar-refractivity contribution in [2.24, 2.45) is 0 Å².